The maximum absolute atomic E-state index is 12.6. The predicted octanol–water partition coefficient (Wildman–Crippen LogP) is 3.41. The van der Waals surface area contributed by atoms with Gasteiger partial charge in [-0.2, -0.15) is 0 Å². The Bertz CT molecular complexity index is 525. The van der Waals surface area contributed by atoms with Crippen molar-refractivity contribution in [1.29, 1.82) is 0 Å². The number of carbonyl (C=O) groups is 2. The van der Waals surface area contributed by atoms with E-state index >= 15 is 0 Å². The molecular formula is C19H30O4. The van der Waals surface area contributed by atoms with Crippen LogP contribution in [-0.2, 0) is 9.59 Å². The Labute approximate surface area is 138 Å². The number of aliphatic hydroxyl groups is 1. The van der Waals surface area contributed by atoms with Crippen LogP contribution in [0, 0.1) is 28.6 Å². The van der Waals surface area contributed by atoms with Crippen molar-refractivity contribution in [3.05, 3.63) is 0 Å². The molecule has 3 aliphatic carbocycles. The molecule has 0 aliphatic heterocycles. The van der Waals surface area contributed by atoms with Gasteiger partial charge in [-0.25, -0.2) is 0 Å². The van der Waals surface area contributed by atoms with Gasteiger partial charge in [-0.3, -0.25) is 9.59 Å². The number of hydrogen-bond donors (Lipinski definition) is 2. The number of aliphatic carboxylic acids is 1. The van der Waals surface area contributed by atoms with Crippen LogP contribution in [0.25, 0.3) is 0 Å². The van der Waals surface area contributed by atoms with Crippen molar-refractivity contribution < 1.29 is 19.8 Å². The Morgan fingerprint density at radius 1 is 1.13 bits per heavy atom. The number of rotatable bonds is 3. The quantitative estimate of drug-likeness (QED) is 0.835. The van der Waals surface area contributed by atoms with E-state index in [9.17, 15) is 14.7 Å². The third-order valence-corrected chi connectivity index (χ3v) is 8.02. The molecule has 0 amide bonds. The summed E-state index contributed by atoms with van der Waals surface area (Å²) in [5.41, 5.74) is -1.15. The fourth-order valence-electron chi connectivity index (χ4n) is 6.21. The molecule has 0 heterocycles. The Morgan fingerprint density at radius 2 is 1.78 bits per heavy atom. The van der Waals surface area contributed by atoms with Crippen LogP contribution in [0.15, 0.2) is 0 Å². The van der Waals surface area contributed by atoms with Crippen LogP contribution < -0.4 is 0 Å². The highest BCUT2D eigenvalue weighted by Crippen LogP contribution is 2.65. The molecule has 0 unspecified atom stereocenters. The second-order valence-electron chi connectivity index (χ2n) is 8.92. The minimum Gasteiger partial charge on any atom is -0.481 e. The molecule has 130 valence electrons. The molecule has 3 aliphatic rings. The molecule has 0 aromatic rings. The van der Waals surface area contributed by atoms with E-state index in [2.05, 4.69) is 6.92 Å². The SMILES string of the molecule is C[C@@]1(CCC(=O)O)C(=O)CC[C@H]2[C@H]1CC[C@]1(C)[C@H]2CC[C@@]1(C)O. The first-order valence-corrected chi connectivity index (χ1v) is 9.09. The third-order valence-electron chi connectivity index (χ3n) is 8.02. The molecule has 3 saturated carbocycles. The van der Waals surface area contributed by atoms with Crippen molar-refractivity contribution in [3.63, 3.8) is 0 Å². The van der Waals surface area contributed by atoms with Crippen molar-refractivity contribution in [2.75, 3.05) is 0 Å². The van der Waals surface area contributed by atoms with Crippen molar-refractivity contribution in [1.82, 2.24) is 0 Å². The van der Waals surface area contributed by atoms with Gasteiger partial charge in [0.25, 0.3) is 0 Å². The fourth-order valence-corrected chi connectivity index (χ4v) is 6.21. The van der Waals surface area contributed by atoms with E-state index in [1.165, 1.54) is 0 Å². The number of carboxylic acids is 1. The van der Waals surface area contributed by atoms with Gasteiger partial charge < -0.3 is 10.2 Å². The topological polar surface area (TPSA) is 74.6 Å². The summed E-state index contributed by atoms with van der Waals surface area (Å²) in [6.07, 6.45) is 5.80. The molecule has 0 bridgehead atoms. The molecule has 6 atom stereocenters. The summed E-state index contributed by atoms with van der Waals surface area (Å²) in [6.45, 7) is 6.21. The fraction of sp³-hybridized carbons (Fsp3) is 0.895. The number of ketones is 1. The van der Waals surface area contributed by atoms with Gasteiger partial charge in [0.05, 0.1) is 5.60 Å². The Hall–Kier alpha value is -0.900. The first-order chi connectivity index (χ1) is 10.6. The largest absolute Gasteiger partial charge is 0.481 e. The lowest BCUT2D eigenvalue weighted by Gasteiger charge is -2.56. The molecule has 4 heteroatoms. The highest BCUT2D eigenvalue weighted by atomic mass is 16.4. The molecule has 4 nitrogen and oxygen atoms in total. The zero-order valence-electron chi connectivity index (χ0n) is 14.6. The average molecular weight is 322 g/mol. The Balaban J connectivity index is 1.88. The number of hydrogen-bond acceptors (Lipinski definition) is 3. The molecule has 0 saturated heterocycles. The van der Waals surface area contributed by atoms with Gasteiger partial charge in [0.15, 0.2) is 0 Å². The van der Waals surface area contributed by atoms with E-state index in [1.807, 2.05) is 13.8 Å². The summed E-state index contributed by atoms with van der Waals surface area (Å²) in [7, 11) is 0. The monoisotopic (exact) mass is 322 g/mol. The number of carbonyl (C=O) groups excluding carboxylic acids is 1. The first kappa shape index (κ1) is 16.9. The summed E-state index contributed by atoms with van der Waals surface area (Å²) in [5.74, 6) is 0.654. The zero-order chi connectivity index (χ0) is 17.0. The van der Waals surface area contributed by atoms with Crippen LogP contribution in [-0.4, -0.2) is 27.6 Å². The summed E-state index contributed by atoms with van der Waals surface area (Å²) < 4.78 is 0. The summed E-state index contributed by atoms with van der Waals surface area (Å²) in [5, 5.41) is 19.9. The first-order valence-electron chi connectivity index (χ1n) is 9.09. The number of fused-ring (bicyclic) bond motifs is 3. The summed E-state index contributed by atoms with van der Waals surface area (Å²) in [4.78, 5) is 23.7. The molecule has 0 aromatic carbocycles. The molecule has 2 N–H and O–H groups in total. The van der Waals surface area contributed by atoms with Gasteiger partial charge in [-0.05, 0) is 68.6 Å². The van der Waals surface area contributed by atoms with Gasteiger partial charge in [-0.15, -0.1) is 0 Å². The highest BCUT2D eigenvalue weighted by Gasteiger charge is 2.62. The normalized spacial score (nSPS) is 49.6. The second-order valence-corrected chi connectivity index (χ2v) is 8.92. The second kappa shape index (κ2) is 5.30. The van der Waals surface area contributed by atoms with E-state index in [-0.39, 0.29) is 23.5 Å². The number of carboxylic acid groups (broad SMARTS) is 1. The minimum atomic E-state index is -0.814. The lowest BCUT2D eigenvalue weighted by atomic mass is 9.48. The number of Topliss-reactive ketones (excluding diaryl/α,β-unsaturated/α-hetero) is 1. The predicted molar refractivity (Wildman–Crippen MR) is 86.9 cm³/mol. The zero-order valence-corrected chi connectivity index (χ0v) is 14.6. The third kappa shape index (κ3) is 2.36. The van der Waals surface area contributed by atoms with Crippen LogP contribution in [0.3, 0.4) is 0 Å². The molecule has 0 aromatic heterocycles. The lowest BCUT2D eigenvalue weighted by Crippen LogP contribution is -2.55. The van der Waals surface area contributed by atoms with E-state index in [4.69, 9.17) is 5.11 Å². The van der Waals surface area contributed by atoms with Gasteiger partial charge in [0.2, 0.25) is 0 Å². The van der Waals surface area contributed by atoms with Crippen LogP contribution in [0.4, 0.5) is 0 Å². The average Bonchev–Trinajstić information content (AvgIpc) is 2.72. The van der Waals surface area contributed by atoms with Crippen LogP contribution in [0.5, 0.6) is 0 Å². The molecule has 0 spiro atoms. The van der Waals surface area contributed by atoms with E-state index in [1.54, 1.807) is 0 Å². The Morgan fingerprint density at radius 3 is 2.43 bits per heavy atom. The van der Waals surface area contributed by atoms with Gasteiger partial charge >= 0.3 is 5.97 Å². The van der Waals surface area contributed by atoms with Gasteiger partial charge in [-0.1, -0.05) is 13.8 Å². The van der Waals surface area contributed by atoms with E-state index in [0.29, 0.717) is 24.7 Å². The molecule has 23 heavy (non-hydrogen) atoms. The van der Waals surface area contributed by atoms with Gasteiger partial charge in [0.1, 0.15) is 5.78 Å². The standard InChI is InChI=1S/C19H30O4/c1-17(9-8-16(21)22)13-6-10-18(2)14(7-11-19(18,3)23)12(13)4-5-15(17)20/h12-14,23H,4-11H2,1-3H3,(H,21,22)/t12-,13+,14-,17-,18+,19+/m0/s1. The highest BCUT2D eigenvalue weighted by molar-refractivity contribution is 5.86. The van der Waals surface area contributed by atoms with Crippen molar-refractivity contribution in [2.24, 2.45) is 28.6 Å². The van der Waals surface area contributed by atoms with Gasteiger partial charge in [0, 0.05) is 18.3 Å². The minimum absolute atomic E-state index is 0.0533. The Kier molecular flexibility index (Phi) is 3.90. The lowest BCUT2D eigenvalue weighted by molar-refractivity contribution is -0.154. The van der Waals surface area contributed by atoms with E-state index < -0.39 is 17.0 Å². The summed E-state index contributed by atoms with van der Waals surface area (Å²) >= 11 is 0. The molecule has 0 radical (unpaired) electrons. The van der Waals surface area contributed by atoms with Crippen molar-refractivity contribution in [2.45, 2.75) is 77.7 Å². The van der Waals surface area contributed by atoms with Crippen LogP contribution in [0.2, 0.25) is 0 Å². The molecule has 3 fully saturated rings. The molecular weight excluding hydrogens is 292 g/mol. The maximum Gasteiger partial charge on any atom is 0.303 e. The van der Waals surface area contributed by atoms with E-state index in [0.717, 1.165) is 32.1 Å². The summed E-state index contributed by atoms with van der Waals surface area (Å²) in [6, 6.07) is 0. The van der Waals surface area contributed by atoms with Crippen LogP contribution >= 0.6 is 0 Å². The van der Waals surface area contributed by atoms with Crippen molar-refractivity contribution in [3.8, 4) is 0 Å². The van der Waals surface area contributed by atoms with Crippen LogP contribution in [0.1, 0.15) is 72.1 Å². The molecule has 3 rings (SSSR count). The maximum atomic E-state index is 12.6. The van der Waals surface area contributed by atoms with Crippen molar-refractivity contribution >= 4 is 11.8 Å². The smallest absolute Gasteiger partial charge is 0.303 e.